The van der Waals surface area contributed by atoms with Gasteiger partial charge in [0.2, 0.25) is 0 Å². The summed E-state index contributed by atoms with van der Waals surface area (Å²) in [4.78, 5) is 0. The third-order valence-electron chi connectivity index (χ3n) is 2.01. The van der Waals surface area contributed by atoms with Crippen LogP contribution in [-0.2, 0) is 7.59 Å². The van der Waals surface area contributed by atoms with E-state index in [4.69, 9.17) is 3.79 Å². The van der Waals surface area contributed by atoms with Gasteiger partial charge in [-0.15, -0.1) is 0 Å². The van der Waals surface area contributed by atoms with Gasteiger partial charge < -0.3 is 0 Å². The molecule has 0 aromatic heterocycles. The summed E-state index contributed by atoms with van der Waals surface area (Å²) in [6.07, 6.45) is 5.62. The molecule has 1 unspecified atom stereocenters. The van der Waals surface area contributed by atoms with Crippen LogP contribution in [0.1, 0.15) is 40.0 Å². The van der Waals surface area contributed by atoms with Crippen LogP contribution in [0.25, 0.3) is 0 Å². The van der Waals surface area contributed by atoms with E-state index in [2.05, 4.69) is 26.8 Å². The van der Waals surface area contributed by atoms with Crippen LogP contribution in [0.5, 0.6) is 0 Å². The molecule has 1 atom stereocenters. The van der Waals surface area contributed by atoms with E-state index in [1.165, 1.54) is 12.0 Å². The Labute approximate surface area is 87.6 Å². The second-order valence-electron chi connectivity index (χ2n) is 3.72. The molecule has 0 saturated heterocycles. The fourth-order valence-corrected chi connectivity index (χ4v) is 1.35. The molecule has 0 radical (unpaired) electrons. The van der Waals surface area contributed by atoms with E-state index in [-0.39, 0.29) is 0 Å². The minimum absolute atomic E-state index is 0.648. The van der Waals surface area contributed by atoms with Crippen molar-refractivity contribution in [3.63, 3.8) is 0 Å². The summed E-state index contributed by atoms with van der Waals surface area (Å²) in [7, 11) is 0. The van der Waals surface area contributed by atoms with Crippen LogP contribution in [0.4, 0.5) is 0 Å². The monoisotopic (exact) mass is 198 g/mol. The van der Waals surface area contributed by atoms with Gasteiger partial charge >= 0.3 is 87.3 Å². The van der Waals surface area contributed by atoms with Crippen molar-refractivity contribution in [2.45, 2.75) is 40.0 Å². The standard InChI is InChI=1S/C10H19O.Al.O/c1-9(2)5-4-6-10(3)7-8-11;;/h5,10H,4,6-8H2,1-3H3;;/q-1;+1;. The van der Waals surface area contributed by atoms with Gasteiger partial charge in [-0.3, -0.25) is 0 Å². The van der Waals surface area contributed by atoms with Crippen LogP contribution in [0, 0.1) is 5.92 Å². The first-order valence-electron chi connectivity index (χ1n) is 4.85. The van der Waals surface area contributed by atoms with E-state index in [0.717, 1.165) is 12.8 Å². The number of rotatable bonds is 7. The van der Waals surface area contributed by atoms with E-state index in [1.54, 1.807) is 0 Å². The van der Waals surface area contributed by atoms with Crippen molar-refractivity contribution in [2.75, 3.05) is 6.61 Å². The molecule has 0 spiro atoms. The summed E-state index contributed by atoms with van der Waals surface area (Å²) in [5.74, 6) is 0.668. The predicted octanol–water partition coefficient (Wildman–Crippen LogP) is 2.74. The molecule has 0 amide bonds. The summed E-state index contributed by atoms with van der Waals surface area (Å²) < 4.78 is 14.9. The Balaban J connectivity index is 3.34. The van der Waals surface area contributed by atoms with Crippen molar-refractivity contribution < 1.29 is 7.59 Å². The number of hydrogen-bond donors (Lipinski definition) is 0. The van der Waals surface area contributed by atoms with Gasteiger partial charge in [-0.05, 0) is 0 Å². The first kappa shape index (κ1) is 12.9. The Bertz CT molecular complexity index is 162. The Morgan fingerprint density at radius 2 is 2.15 bits per heavy atom. The van der Waals surface area contributed by atoms with Crippen LogP contribution in [-0.4, -0.2) is 22.1 Å². The molecule has 0 aliphatic heterocycles. The van der Waals surface area contributed by atoms with Gasteiger partial charge in [0, 0.05) is 0 Å². The molecule has 0 aliphatic carbocycles. The zero-order valence-electron chi connectivity index (χ0n) is 8.88. The van der Waals surface area contributed by atoms with Crippen molar-refractivity contribution in [1.29, 1.82) is 0 Å². The fraction of sp³-hybridized carbons (Fsp3) is 0.800. The SMILES string of the molecule is CC(C)=CCCC(C)CC[O][Al]=[O]. The summed E-state index contributed by atoms with van der Waals surface area (Å²) >= 11 is -1.01. The van der Waals surface area contributed by atoms with Gasteiger partial charge in [0.1, 0.15) is 0 Å². The molecule has 3 heteroatoms. The van der Waals surface area contributed by atoms with Gasteiger partial charge in [0.25, 0.3) is 0 Å². The van der Waals surface area contributed by atoms with E-state index in [9.17, 15) is 3.80 Å². The zero-order valence-corrected chi connectivity index (χ0v) is 10.0. The first-order chi connectivity index (χ1) is 6.16. The molecule has 0 aromatic carbocycles. The third-order valence-corrected chi connectivity index (χ3v) is 2.38. The van der Waals surface area contributed by atoms with Crippen molar-refractivity contribution in [2.24, 2.45) is 5.92 Å². The van der Waals surface area contributed by atoms with Gasteiger partial charge in [0.05, 0.1) is 0 Å². The molecule has 13 heavy (non-hydrogen) atoms. The molecule has 0 aliphatic rings. The number of allylic oxidation sites excluding steroid dienone is 2. The fourth-order valence-electron chi connectivity index (χ4n) is 1.12. The summed E-state index contributed by atoms with van der Waals surface area (Å²) in [5.41, 5.74) is 1.38. The van der Waals surface area contributed by atoms with Gasteiger partial charge in [-0.25, -0.2) is 0 Å². The quantitative estimate of drug-likeness (QED) is 0.357. The van der Waals surface area contributed by atoms with Gasteiger partial charge in [-0.1, -0.05) is 0 Å². The number of hydrogen-bond acceptors (Lipinski definition) is 2. The maximum absolute atomic E-state index is 10.1. The molecule has 2 nitrogen and oxygen atoms in total. The molecule has 0 aromatic rings. The van der Waals surface area contributed by atoms with Crippen LogP contribution in [0.3, 0.4) is 0 Å². The molecule has 74 valence electrons. The van der Waals surface area contributed by atoms with E-state index >= 15 is 0 Å². The molecule has 0 bridgehead atoms. The van der Waals surface area contributed by atoms with E-state index < -0.39 is 15.5 Å². The molecule has 0 N–H and O–H groups in total. The first-order valence-corrected chi connectivity index (χ1v) is 5.79. The van der Waals surface area contributed by atoms with Crippen LogP contribution in [0.2, 0.25) is 0 Å². The predicted molar refractivity (Wildman–Crippen MR) is 54.8 cm³/mol. The molecule has 0 rings (SSSR count). The molecular formula is C10H19AlO2. The van der Waals surface area contributed by atoms with Gasteiger partial charge in [0.15, 0.2) is 0 Å². The average Bonchev–Trinajstić information content (AvgIpc) is 2.04. The van der Waals surface area contributed by atoms with Crippen molar-refractivity contribution in [3.05, 3.63) is 11.6 Å². The summed E-state index contributed by atoms with van der Waals surface area (Å²) in [5, 5.41) is 0. The summed E-state index contributed by atoms with van der Waals surface area (Å²) in [6.45, 7) is 7.10. The molecule has 0 saturated carbocycles. The van der Waals surface area contributed by atoms with Crippen LogP contribution in [0.15, 0.2) is 11.6 Å². The van der Waals surface area contributed by atoms with Crippen molar-refractivity contribution in [1.82, 2.24) is 0 Å². The second kappa shape index (κ2) is 8.47. The topological polar surface area (TPSA) is 26.3 Å². The van der Waals surface area contributed by atoms with Gasteiger partial charge in [-0.2, -0.15) is 0 Å². The summed E-state index contributed by atoms with van der Waals surface area (Å²) in [6, 6.07) is 0. The zero-order chi connectivity index (χ0) is 10.1. The van der Waals surface area contributed by atoms with E-state index in [0.29, 0.717) is 12.5 Å². The van der Waals surface area contributed by atoms with Crippen molar-refractivity contribution in [3.8, 4) is 0 Å². The molecule has 0 fully saturated rings. The Hall–Kier alpha value is -0.128. The second-order valence-corrected chi connectivity index (χ2v) is 4.25. The van der Waals surface area contributed by atoms with Crippen LogP contribution < -0.4 is 0 Å². The normalized spacial score (nSPS) is 11.6. The maximum atomic E-state index is 10.1. The van der Waals surface area contributed by atoms with E-state index in [1.807, 2.05) is 0 Å². The average molecular weight is 198 g/mol. The molecule has 0 heterocycles. The third kappa shape index (κ3) is 9.79. The van der Waals surface area contributed by atoms with Crippen LogP contribution >= 0.6 is 0 Å². The van der Waals surface area contributed by atoms with Crippen molar-refractivity contribution >= 4 is 15.5 Å². The molecular weight excluding hydrogens is 179 g/mol. The Morgan fingerprint density at radius 3 is 2.69 bits per heavy atom. The Kier molecular flexibility index (Phi) is 8.39. The minimum atomic E-state index is -1.01. The Morgan fingerprint density at radius 1 is 1.46 bits per heavy atom.